The van der Waals surface area contributed by atoms with E-state index in [1.807, 2.05) is 6.92 Å². The number of nitrogens with zero attached hydrogens (tertiary/aromatic N) is 2. The highest BCUT2D eigenvalue weighted by molar-refractivity contribution is 5.95. The van der Waals surface area contributed by atoms with Gasteiger partial charge in [-0.2, -0.15) is 0 Å². The largest absolute Gasteiger partial charge is 0.478 e. The molecule has 3 aromatic rings. The summed E-state index contributed by atoms with van der Waals surface area (Å²) in [5.41, 5.74) is 6.67. The molecule has 9 nitrogen and oxygen atoms in total. The summed E-state index contributed by atoms with van der Waals surface area (Å²) in [5.74, 6) is 8.24. The molecule has 0 radical (unpaired) electrons. The van der Waals surface area contributed by atoms with E-state index in [1.54, 1.807) is 54.6 Å². The summed E-state index contributed by atoms with van der Waals surface area (Å²) in [5, 5.41) is 9.26. The maximum Gasteiger partial charge on any atom is 0.268 e. The number of carbonyl (C=O) groups excluding carboxylic acids is 1. The van der Waals surface area contributed by atoms with Crippen molar-refractivity contribution in [2.75, 3.05) is 12.3 Å². The standard InChI is InChI=1S/C27H31N5O4/c1-2-34-26(29)18-8-10-21(11-9-18)35-23-14-19(27(33)32(30)20-6-4-3-5-7-20)15-24(16-23)36-22-12-13-25(28)31-17-22/h8-17,20,29H,2-7,30H2,1H3,(H2,28,31). The van der Waals surface area contributed by atoms with Crippen molar-refractivity contribution in [2.24, 2.45) is 5.84 Å². The first kappa shape index (κ1) is 25.0. The van der Waals surface area contributed by atoms with E-state index in [4.69, 9.17) is 31.2 Å². The lowest BCUT2D eigenvalue weighted by molar-refractivity contribution is 0.0633. The van der Waals surface area contributed by atoms with Gasteiger partial charge in [-0.3, -0.25) is 15.2 Å². The summed E-state index contributed by atoms with van der Waals surface area (Å²) in [7, 11) is 0. The predicted octanol–water partition coefficient (Wildman–Crippen LogP) is 5.26. The lowest BCUT2D eigenvalue weighted by Crippen LogP contribution is -2.46. The van der Waals surface area contributed by atoms with Crippen LogP contribution in [0.1, 0.15) is 54.9 Å². The van der Waals surface area contributed by atoms with Crippen LogP contribution in [0.2, 0.25) is 0 Å². The van der Waals surface area contributed by atoms with Gasteiger partial charge in [0.05, 0.1) is 12.8 Å². The molecule has 1 aliphatic carbocycles. The van der Waals surface area contributed by atoms with E-state index in [0.717, 1.165) is 32.1 Å². The van der Waals surface area contributed by atoms with E-state index in [-0.39, 0.29) is 17.8 Å². The molecule has 0 atom stereocenters. The van der Waals surface area contributed by atoms with Gasteiger partial charge < -0.3 is 19.9 Å². The van der Waals surface area contributed by atoms with Gasteiger partial charge >= 0.3 is 0 Å². The topological polar surface area (TPSA) is 137 Å². The van der Waals surface area contributed by atoms with Crippen molar-refractivity contribution in [2.45, 2.75) is 45.1 Å². The first-order valence-corrected chi connectivity index (χ1v) is 12.1. The number of nitrogens with one attached hydrogen (secondary N) is 1. The zero-order chi connectivity index (χ0) is 25.5. The fourth-order valence-electron chi connectivity index (χ4n) is 4.11. The summed E-state index contributed by atoms with van der Waals surface area (Å²) in [6.07, 6.45) is 6.57. The molecule has 36 heavy (non-hydrogen) atoms. The lowest BCUT2D eigenvalue weighted by atomic mass is 9.95. The molecule has 1 aliphatic rings. The molecule has 188 valence electrons. The Morgan fingerprint density at radius 3 is 2.19 bits per heavy atom. The number of hydrogen-bond acceptors (Lipinski definition) is 8. The number of nitrogen functional groups attached to an aromatic ring is 1. The minimum atomic E-state index is -0.298. The van der Waals surface area contributed by atoms with Gasteiger partial charge in [0, 0.05) is 23.2 Å². The van der Waals surface area contributed by atoms with Crippen LogP contribution in [0.25, 0.3) is 0 Å². The number of aromatic nitrogens is 1. The summed E-state index contributed by atoms with van der Waals surface area (Å²) < 4.78 is 17.2. The Kier molecular flexibility index (Phi) is 8.02. The van der Waals surface area contributed by atoms with Crippen LogP contribution in [0.3, 0.4) is 0 Å². The van der Waals surface area contributed by atoms with Crippen LogP contribution in [0, 0.1) is 5.41 Å². The molecule has 1 aromatic heterocycles. The van der Waals surface area contributed by atoms with E-state index in [1.165, 1.54) is 11.2 Å². The molecule has 5 N–H and O–H groups in total. The second-order valence-electron chi connectivity index (χ2n) is 8.61. The Morgan fingerprint density at radius 2 is 1.58 bits per heavy atom. The Labute approximate surface area is 210 Å². The van der Waals surface area contributed by atoms with Crippen molar-refractivity contribution in [3.63, 3.8) is 0 Å². The number of ether oxygens (including phenoxy) is 3. The molecule has 0 unspecified atom stereocenters. The monoisotopic (exact) mass is 489 g/mol. The smallest absolute Gasteiger partial charge is 0.268 e. The highest BCUT2D eigenvalue weighted by atomic mass is 16.5. The van der Waals surface area contributed by atoms with Crippen molar-refractivity contribution >= 4 is 17.6 Å². The van der Waals surface area contributed by atoms with Crippen LogP contribution in [-0.4, -0.2) is 34.4 Å². The number of benzene rings is 2. The van der Waals surface area contributed by atoms with Gasteiger partial charge in [-0.1, -0.05) is 19.3 Å². The fourth-order valence-corrected chi connectivity index (χ4v) is 4.11. The molecule has 4 rings (SSSR count). The molecule has 0 aliphatic heterocycles. The average Bonchev–Trinajstić information content (AvgIpc) is 2.90. The van der Waals surface area contributed by atoms with Crippen LogP contribution in [0.4, 0.5) is 5.82 Å². The number of anilines is 1. The molecule has 0 spiro atoms. The molecular formula is C27H31N5O4. The van der Waals surface area contributed by atoms with Gasteiger partial charge in [0.1, 0.15) is 28.8 Å². The summed E-state index contributed by atoms with van der Waals surface area (Å²) in [6, 6.07) is 15.3. The normalized spacial score (nSPS) is 13.6. The number of carbonyl (C=O) groups is 1. The van der Waals surface area contributed by atoms with Crippen molar-refractivity contribution < 1.29 is 19.0 Å². The van der Waals surface area contributed by atoms with Gasteiger partial charge in [-0.25, -0.2) is 10.8 Å². The molecule has 9 heteroatoms. The molecule has 2 aromatic carbocycles. The van der Waals surface area contributed by atoms with E-state index in [2.05, 4.69) is 4.98 Å². The molecule has 0 saturated heterocycles. The van der Waals surface area contributed by atoms with Crippen LogP contribution >= 0.6 is 0 Å². The zero-order valence-electron chi connectivity index (χ0n) is 20.3. The predicted molar refractivity (Wildman–Crippen MR) is 137 cm³/mol. The van der Waals surface area contributed by atoms with Crippen LogP contribution in [0.15, 0.2) is 60.8 Å². The maximum absolute atomic E-state index is 13.3. The fraction of sp³-hybridized carbons (Fsp3) is 0.296. The maximum atomic E-state index is 13.3. The van der Waals surface area contributed by atoms with E-state index in [9.17, 15) is 4.79 Å². The molecule has 1 heterocycles. The molecular weight excluding hydrogens is 458 g/mol. The van der Waals surface area contributed by atoms with Crippen molar-refractivity contribution in [1.29, 1.82) is 5.41 Å². The third-order valence-corrected chi connectivity index (χ3v) is 5.97. The molecule has 1 saturated carbocycles. The third kappa shape index (κ3) is 6.31. The highest BCUT2D eigenvalue weighted by Gasteiger charge is 2.25. The van der Waals surface area contributed by atoms with Gasteiger partial charge in [-0.15, -0.1) is 0 Å². The molecule has 0 bridgehead atoms. The van der Waals surface area contributed by atoms with Gasteiger partial charge in [0.2, 0.25) is 5.90 Å². The second-order valence-corrected chi connectivity index (χ2v) is 8.61. The number of nitrogens with two attached hydrogens (primary N) is 2. The summed E-state index contributed by atoms with van der Waals surface area (Å²) in [4.78, 5) is 17.3. The van der Waals surface area contributed by atoms with E-state index >= 15 is 0 Å². The number of pyridine rings is 1. The Hall–Kier alpha value is -4.11. The lowest BCUT2D eigenvalue weighted by Gasteiger charge is -2.30. The molecule has 1 fully saturated rings. The quantitative estimate of drug-likeness (QED) is 0.129. The third-order valence-electron chi connectivity index (χ3n) is 5.97. The second kappa shape index (κ2) is 11.5. The van der Waals surface area contributed by atoms with Crippen molar-refractivity contribution in [3.8, 4) is 23.0 Å². The summed E-state index contributed by atoms with van der Waals surface area (Å²) in [6.45, 7) is 2.25. The Morgan fingerprint density at radius 1 is 0.944 bits per heavy atom. The van der Waals surface area contributed by atoms with Gasteiger partial charge in [0.25, 0.3) is 5.91 Å². The minimum Gasteiger partial charge on any atom is -0.478 e. The number of rotatable bonds is 8. The Balaban J connectivity index is 1.60. The Bertz CT molecular complexity index is 1190. The van der Waals surface area contributed by atoms with E-state index in [0.29, 0.717) is 46.5 Å². The van der Waals surface area contributed by atoms with Gasteiger partial charge in [0.15, 0.2) is 0 Å². The van der Waals surface area contributed by atoms with Crippen LogP contribution < -0.4 is 21.1 Å². The first-order chi connectivity index (χ1) is 17.4. The van der Waals surface area contributed by atoms with Crippen LogP contribution in [-0.2, 0) is 4.74 Å². The summed E-state index contributed by atoms with van der Waals surface area (Å²) >= 11 is 0. The number of hydrogen-bond donors (Lipinski definition) is 3. The highest BCUT2D eigenvalue weighted by Crippen LogP contribution is 2.32. The number of amides is 1. The number of hydrazine groups is 1. The first-order valence-electron chi connectivity index (χ1n) is 12.1. The average molecular weight is 490 g/mol. The van der Waals surface area contributed by atoms with Crippen molar-refractivity contribution in [1.82, 2.24) is 9.99 Å². The molecule has 1 amide bonds. The SMILES string of the molecule is CCOC(=N)c1ccc(Oc2cc(Oc3ccc(N)nc3)cc(C(=O)N(N)C3CCCCC3)c2)cc1. The van der Waals surface area contributed by atoms with Crippen molar-refractivity contribution in [3.05, 3.63) is 71.9 Å². The van der Waals surface area contributed by atoms with Gasteiger partial charge in [-0.05, 0) is 68.3 Å². The van der Waals surface area contributed by atoms with Crippen LogP contribution in [0.5, 0.6) is 23.0 Å². The zero-order valence-corrected chi connectivity index (χ0v) is 20.3. The minimum absolute atomic E-state index is 0.00898. The van der Waals surface area contributed by atoms with E-state index < -0.39 is 0 Å².